The molecule has 0 amide bonds. The van der Waals surface area contributed by atoms with Crippen LogP contribution in [0.25, 0.3) is 0 Å². The molecule has 0 radical (unpaired) electrons. The summed E-state index contributed by atoms with van der Waals surface area (Å²) in [5.41, 5.74) is 1.45. The third-order valence-corrected chi connectivity index (χ3v) is 3.19. The summed E-state index contributed by atoms with van der Waals surface area (Å²) in [5.74, 6) is 0.116. The standard InChI is InChI=1S/C10H12BrClN2O3/c1-6-2-8(11)10(14(16)17)3-9(6)13-5-7(15)4-12/h2-3,7,13,15H,4-5H2,1H3. The Balaban J connectivity index is 2.92. The van der Waals surface area contributed by atoms with Crippen molar-refractivity contribution in [3.8, 4) is 0 Å². The van der Waals surface area contributed by atoms with E-state index in [4.69, 9.17) is 11.6 Å². The van der Waals surface area contributed by atoms with Gasteiger partial charge in [-0.25, -0.2) is 0 Å². The van der Waals surface area contributed by atoms with Gasteiger partial charge in [-0.2, -0.15) is 0 Å². The van der Waals surface area contributed by atoms with E-state index < -0.39 is 11.0 Å². The molecule has 0 saturated carbocycles. The van der Waals surface area contributed by atoms with E-state index in [2.05, 4.69) is 21.2 Å². The van der Waals surface area contributed by atoms with Gasteiger partial charge in [-0.3, -0.25) is 10.1 Å². The van der Waals surface area contributed by atoms with E-state index in [0.717, 1.165) is 5.56 Å². The number of rotatable bonds is 5. The third kappa shape index (κ3) is 3.83. The van der Waals surface area contributed by atoms with Gasteiger partial charge in [0, 0.05) is 18.3 Å². The van der Waals surface area contributed by atoms with E-state index in [0.29, 0.717) is 10.2 Å². The Labute approximate surface area is 112 Å². The molecule has 1 atom stereocenters. The molecule has 0 aliphatic rings. The molecule has 0 spiro atoms. The monoisotopic (exact) mass is 322 g/mol. The first kappa shape index (κ1) is 14.2. The highest BCUT2D eigenvalue weighted by Gasteiger charge is 2.15. The zero-order chi connectivity index (χ0) is 13.0. The number of nitro benzene ring substituents is 1. The van der Waals surface area contributed by atoms with Crippen molar-refractivity contribution in [1.29, 1.82) is 0 Å². The van der Waals surface area contributed by atoms with Gasteiger partial charge >= 0.3 is 0 Å². The van der Waals surface area contributed by atoms with Crippen LogP contribution in [0.3, 0.4) is 0 Å². The van der Waals surface area contributed by atoms with Crippen LogP contribution < -0.4 is 5.32 Å². The number of nitrogens with one attached hydrogen (secondary N) is 1. The van der Waals surface area contributed by atoms with E-state index in [1.807, 2.05) is 6.92 Å². The fourth-order valence-electron chi connectivity index (χ4n) is 1.27. The minimum Gasteiger partial charge on any atom is -0.390 e. The number of halogens is 2. The quantitative estimate of drug-likeness (QED) is 0.496. The third-order valence-electron chi connectivity index (χ3n) is 2.20. The zero-order valence-electron chi connectivity index (χ0n) is 9.11. The molecule has 0 heterocycles. The fourth-order valence-corrected chi connectivity index (χ4v) is 1.99. The molecular weight excluding hydrogens is 311 g/mol. The van der Waals surface area contributed by atoms with Crippen LogP contribution in [0.4, 0.5) is 11.4 Å². The van der Waals surface area contributed by atoms with Crippen LogP contribution in [0, 0.1) is 17.0 Å². The van der Waals surface area contributed by atoms with E-state index >= 15 is 0 Å². The molecule has 0 aromatic heterocycles. The summed E-state index contributed by atoms with van der Waals surface area (Å²) in [4.78, 5) is 10.3. The molecule has 0 aliphatic carbocycles. The predicted octanol–water partition coefficient (Wildman–Crippen LogP) is 2.68. The van der Waals surface area contributed by atoms with Crippen LogP contribution in [0.5, 0.6) is 0 Å². The lowest BCUT2D eigenvalue weighted by atomic mass is 10.2. The SMILES string of the molecule is Cc1cc(Br)c([N+](=O)[O-])cc1NCC(O)CCl. The maximum atomic E-state index is 10.8. The van der Waals surface area contributed by atoms with Crippen molar-refractivity contribution in [3.63, 3.8) is 0 Å². The number of aliphatic hydroxyl groups excluding tert-OH is 1. The zero-order valence-corrected chi connectivity index (χ0v) is 11.5. The molecule has 0 aliphatic heterocycles. The Morgan fingerprint density at radius 2 is 2.29 bits per heavy atom. The number of hydrogen-bond donors (Lipinski definition) is 2. The Hall–Kier alpha value is -0.850. The molecule has 5 nitrogen and oxygen atoms in total. The first-order valence-electron chi connectivity index (χ1n) is 4.88. The molecule has 94 valence electrons. The van der Waals surface area contributed by atoms with Crippen LogP contribution in [-0.4, -0.2) is 28.6 Å². The lowest BCUT2D eigenvalue weighted by Gasteiger charge is -2.12. The topological polar surface area (TPSA) is 75.4 Å². The number of hydrogen-bond acceptors (Lipinski definition) is 4. The Morgan fingerprint density at radius 1 is 1.65 bits per heavy atom. The van der Waals surface area contributed by atoms with E-state index in [-0.39, 0.29) is 18.1 Å². The summed E-state index contributed by atoms with van der Waals surface area (Å²) in [7, 11) is 0. The molecule has 1 aromatic rings. The molecule has 1 aromatic carbocycles. The van der Waals surface area contributed by atoms with Crippen molar-refractivity contribution in [1.82, 2.24) is 0 Å². The van der Waals surface area contributed by atoms with E-state index in [1.54, 1.807) is 6.07 Å². The second-order valence-corrected chi connectivity index (χ2v) is 4.73. The van der Waals surface area contributed by atoms with E-state index in [9.17, 15) is 15.2 Å². The van der Waals surface area contributed by atoms with Crippen molar-refractivity contribution in [2.24, 2.45) is 0 Å². The lowest BCUT2D eigenvalue weighted by molar-refractivity contribution is -0.385. The molecular formula is C10H12BrClN2O3. The van der Waals surface area contributed by atoms with Crippen LogP contribution in [0.15, 0.2) is 16.6 Å². The number of nitrogens with zero attached hydrogens (tertiary/aromatic N) is 1. The molecule has 0 bridgehead atoms. The summed E-state index contributed by atoms with van der Waals surface area (Å²) in [6.07, 6.45) is -0.682. The molecule has 1 unspecified atom stereocenters. The highest BCUT2D eigenvalue weighted by Crippen LogP contribution is 2.30. The van der Waals surface area contributed by atoms with Crippen molar-refractivity contribution >= 4 is 38.9 Å². The summed E-state index contributed by atoms with van der Waals surface area (Å²) in [6.45, 7) is 2.08. The van der Waals surface area contributed by atoms with Gasteiger partial charge in [0.1, 0.15) is 0 Å². The molecule has 0 fully saturated rings. The second kappa shape index (κ2) is 6.18. The van der Waals surface area contributed by atoms with Crippen LogP contribution >= 0.6 is 27.5 Å². The molecule has 1 rings (SSSR count). The molecule has 0 saturated heterocycles. The normalized spacial score (nSPS) is 12.2. The lowest BCUT2D eigenvalue weighted by Crippen LogP contribution is -2.21. The van der Waals surface area contributed by atoms with Gasteiger partial charge in [0.05, 0.1) is 21.4 Å². The second-order valence-electron chi connectivity index (χ2n) is 3.56. The average Bonchev–Trinajstić information content (AvgIpc) is 2.26. The highest BCUT2D eigenvalue weighted by atomic mass is 79.9. The van der Waals surface area contributed by atoms with Crippen molar-refractivity contribution in [2.45, 2.75) is 13.0 Å². The highest BCUT2D eigenvalue weighted by molar-refractivity contribution is 9.10. The number of alkyl halides is 1. The first-order valence-corrected chi connectivity index (χ1v) is 6.21. The Bertz CT molecular complexity index is 428. The summed E-state index contributed by atoms with van der Waals surface area (Å²) in [5, 5.41) is 23.0. The largest absolute Gasteiger partial charge is 0.390 e. The smallest absolute Gasteiger partial charge is 0.285 e. The van der Waals surface area contributed by atoms with Gasteiger partial charge in [-0.1, -0.05) is 0 Å². The van der Waals surface area contributed by atoms with Crippen molar-refractivity contribution < 1.29 is 10.0 Å². The Kier molecular flexibility index (Phi) is 5.17. The minimum atomic E-state index is -0.682. The maximum Gasteiger partial charge on any atom is 0.285 e. The van der Waals surface area contributed by atoms with Gasteiger partial charge in [-0.15, -0.1) is 11.6 Å². The predicted molar refractivity (Wildman–Crippen MR) is 70.7 cm³/mol. The van der Waals surface area contributed by atoms with Gasteiger partial charge in [0.15, 0.2) is 0 Å². The summed E-state index contributed by atoms with van der Waals surface area (Å²) in [6, 6.07) is 3.09. The fraction of sp³-hybridized carbons (Fsp3) is 0.400. The summed E-state index contributed by atoms with van der Waals surface area (Å²) >= 11 is 8.59. The Morgan fingerprint density at radius 3 is 2.82 bits per heavy atom. The average molecular weight is 324 g/mol. The van der Waals surface area contributed by atoms with Gasteiger partial charge in [0.2, 0.25) is 0 Å². The van der Waals surface area contributed by atoms with Crippen molar-refractivity contribution in [3.05, 3.63) is 32.3 Å². The maximum absolute atomic E-state index is 10.8. The van der Waals surface area contributed by atoms with Crippen LogP contribution in [-0.2, 0) is 0 Å². The number of benzene rings is 1. The number of nitro groups is 1. The number of aryl methyl sites for hydroxylation is 1. The van der Waals surface area contributed by atoms with Crippen molar-refractivity contribution in [2.75, 3.05) is 17.7 Å². The molecule has 17 heavy (non-hydrogen) atoms. The first-order chi connectivity index (χ1) is 7.95. The summed E-state index contributed by atoms with van der Waals surface area (Å²) < 4.78 is 0.434. The van der Waals surface area contributed by atoms with Gasteiger partial charge < -0.3 is 10.4 Å². The van der Waals surface area contributed by atoms with Crippen LogP contribution in [0.1, 0.15) is 5.56 Å². The van der Waals surface area contributed by atoms with E-state index in [1.165, 1.54) is 6.07 Å². The van der Waals surface area contributed by atoms with Gasteiger partial charge in [-0.05, 0) is 34.5 Å². The molecule has 2 N–H and O–H groups in total. The number of aliphatic hydroxyl groups is 1. The van der Waals surface area contributed by atoms with Crippen LogP contribution in [0.2, 0.25) is 0 Å². The molecule has 7 heteroatoms. The minimum absolute atomic E-state index is 0.0153. The van der Waals surface area contributed by atoms with Gasteiger partial charge in [0.25, 0.3) is 5.69 Å². The number of anilines is 1.